The highest BCUT2D eigenvalue weighted by Crippen LogP contribution is 2.31. The molecule has 0 fully saturated rings. The molecule has 1 N–H and O–H groups in total. The van der Waals surface area contributed by atoms with Gasteiger partial charge < -0.3 is 19.5 Å². The van der Waals surface area contributed by atoms with Crippen LogP contribution in [0.25, 0.3) is 0 Å². The largest absolute Gasteiger partial charge is 0.495 e. The van der Waals surface area contributed by atoms with Gasteiger partial charge in [0.2, 0.25) is 5.91 Å². The molecule has 2 rings (SSSR count). The predicted molar refractivity (Wildman–Crippen MR) is 112 cm³/mol. The number of hydrogen-bond acceptors (Lipinski definition) is 5. The summed E-state index contributed by atoms with van der Waals surface area (Å²) >= 11 is 6.04. The van der Waals surface area contributed by atoms with Crippen molar-refractivity contribution < 1.29 is 19.0 Å². The number of hydrogen-bond donors (Lipinski definition) is 1. The van der Waals surface area contributed by atoms with Gasteiger partial charge in [0.25, 0.3) is 0 Å². The van der Waals surface area contributed by atoms with Gasteiger partial charge in [-0.15, -0.1) is 0 Å². The van der Waals surface area contributed by atoms with Crippen molar-refractivity contribution in [2.75, 3.05) is 33.7 Å². The molecule has 0 saturated carbocycles. The smallest absolute Gasteiger partial charge is 0.241 e. The number of carbonyl (C=O) groups is 1. The first-order chi connectivity index (χ1) is 13.3. The van der Waals surface area contributed by atoms with Crippen LogP contribution in [0.5, 0.6) is 17.2 Å². The average molecular weight is 407 g/mol. The molecule has 1 amide bonds. The van der Waals surface area contributed by atoms with Crippen molar-refractivity contribution in [2.45, 2.75) is 26.4 Å². The molecule has 0 aliphatic carbocycles. The normalized spacial score (nSPS) is 11.9. The van der Waals surface area contributed by atoms with Gasteiger partial charge >= 0.3 is 0 Å². The molecule has 1 atom stereocenters. The van der Waals surface area contributed by atoms with Crippen LogP contribution >= 0.6 is 11.6 Å². The van der Waals surface area contributed by atoms with E-state index in [9.17, 15) is 4.79 Å². The first-order valence-corrected chi connectivity index (χ1v) is 9.24. The van der Waals surface area contributed by atoms with E-state index >= 15 is 0 Å². The van der Waals surface area contributed by atoms with E-state index in [1.807, 2.05) is 37.9 Å². The Kier molecular flexibility index (Phi) is 7.54. The van der Waals surface area contributed by atoms with E-state index in [4.69, 9.17) is 25.8 Å². The van der Waals surface area contributed by atoms with Gasteiger partial charge in [0.1, 0.15) is 5.75 Å². The Balaban J connectivity index is 2.13. The van der Waals surface area contributed by atoms with Gasteiger partial charge in [-0.2, -0.15) is 0 Å². The third kappa shape index (κ3) is 5.09. The van der Waals surface area contributed by atoms with E-state index in [1.165, 1.54) is 0 Å². The van der Waals surface area contributed by atoms with Crippen LogP contribution < -0.4 is 19.5 Å². The van der Waals surface area contributed by atoms with Crippen LogP contribution in [0.4, 0.5) is 5.69 Å². The number of carbonyl (C=O) groups excluding carboxylic acids is 1. The minimum absolute atomic E-state index is 0.152. The number of nitrogens with zero attached hydrogens (tertiary/aromatic N) is 1. The van der Waals surface area contributed by atoms with Gasteiger partial charge in [-0.1, -0.05) is 11.6 Å². The lowest BCUT2D eigenvalue weighted by atomic mass is 10.1. The summed E-state index contributed by atoms with van der Waals surface area (Å²) in [5, 5.41) is 3.42. The number of ether oxygens (including phenoxy) is 3. The molecule has 0 unspecified atom stereocenters. The van der Waals surface area contributed by atoms with Crippen LogP contribution in [0, 0.1) is 6.92 Å². The van der Waals surface area contributed by atoms with Crippen LogP contribution in [0.2, 0.25) is 5.02 Å². The van der Waals surface area contributed by atoms with E-state index in [-0.39, 0.29) is 11.9 Å². The van der Waals surface area contributed by atoms with Gasteiger partial charge in [0.05, 0.1) is 33.1 Å². The molecule has 0 aliphatic rings. The Morgan fingerprint density at radius 1 is 1.07 bits per heavy atom. The maximum absolute atomic E-state index is 12.7. The summed E-state index contributed by atoms with van der Waals surface area (Å²) < 4.78 is 16.0. The number of aryl methyl sites for hydroxylation is 1. The van der Waals surface area contributed by atoms with Gasteiger partial charge in [-0.25, -0.2) is 0 Å². The van der Waals surface area contributed by atoms with E-state index in [2.05, 4.69) is 5.32 Å². The second-order valence-corrected chi connectivity index (χ2v) is 7.00. The van der Waals surface area contributed by atoms with E-state index < -0.39 is 0 Å². The zero-order valence-corrected chi connectivity index (χ0v) is 17.9. The van der Waals surface area contributed by atoms with Crippen LogP contribution in [-0.4, -0.2) is 45.2 Å². The van der Waals surface area contributed by atoms with Crippen LogP contribution in [0.1, 0.15) is 18.1 Å². The number of nitrogens with one attached hydrogen (secondary N) is 1. The first-order valence-electron chi connectivity index (χ1n) is 8.86. The fourth-order valence-electron chi connectivity index (χ4n) is 2.81. The van der Waals surface area contributed by atoms with Gasteiger partial charge in [0, 0.05) is 11.6 Å². The molecular weight excluding hydrogens is 380 g/mol. The van der Waals surface area contributed by atoms with Crippen molar-refractivity contribution in [3.63, 3.8) is 0 Å². The molecule has 0 bridgehead atoms. The maximum Gasteiger partial charge on any atom is 0.241 e. The summed E-state index contributed by atoms with van der Waals surface area (Å²) in [6, 6.07) is 8.60. The first kappa shape index (κ1) is 21.9. The van der Waals surface area contributed by atoms with E-state index in [0.29, 0.717) is 34.5 Å². The maximum atomic E-state index is 12.7. The Labute approximate surface area is 171 Å². The van der Waals surface area contributed by atoms with Crippen molar-refractivity contribution in [1.82, 2.24) is 4.90 Å². The highest BCUT2D eigenvalue weighted by Gasteiger charge is 2.21. The molecule has 28 heavy (non-hydrogen) atoms. The monoisotopic (exact) mass is 406 g/mol. The van der Waals surface area contributed by atoms with Crippen molar-refractivity contribution in [3.05, 3.63) is 46.5 Å². The molecule has 0 aliphatic heterocycles. The number of anilines is 1. The summed E-state index contributed by atoms with van der Waals surface area (Å²) in [6.07, 6.45) is 0. The quantitative estimate of drug-likeness (QED) is 0.714. The SMILES string of the molecule is COc1ccc(Cl)cc1NC(=O)[C@H](C)N(C)Cc1cc(OC)c(OC)cc1C. The second-order valence-electron chi connectivity index (χ2n) is 6.56. The zero-order valence-electron chi connectivity index (χ0n) is 17.1. The topological polar surface area (TPSA) is 60.0 Å². The summed E-state index contributed by atoms with van der Waals surface area (Å²) in [7, 11) is 6.67. The number of likely N-dealkylation sites (N-methyl/N-ethyl adjacent to an activating group) is 1. The number of halogens is 1. The molecule has 152 valence electrons. The predicted octanol–water partition coefficient (Wildman–Crippen LogP) is 4.13. The van der Waals surface area contributed by atoms with Gasteiger partial charge in [0.15, 0.2) is 11.5 Å². The zero-order chi connectivity index (χ0) is 20.8. The van der Waals surface area contributed by atoms with Crippen molar-refractivity contribution in [1.29, 1.82) is 0 Å². The lowest BCUT2D eigenvalue weighted by molar-refractivity contribution is -0.120. The van der Waals surface area contributed by atoms with Crippen molar-refractivity contribution in [3.8, 4) is 17.2 Å². The molecule has 6 nitrogen and oxygen atoms in total. The second kappa shape index (κ2) is 9.66. The lowest BCUT2D eigenvalue weighted by Gasteiger charge is -2.25. The van der Waals surface area contributed by atoms with Crippen molar-refractivity contribution >= 4 is 23.2 Å². The molecule has 2 aromatic carbocycles. The van der Waals surface area contributed by atoms with Crippen LogP contribution in [0.15, 0.2) is 30.3 Å². The molecule has 2 aromatic rings. The lowest BCUT2D eigenvalue weighted by Crippen LogP contribution is -2.39. The van der Waals surface area contributed by atoms with Crippen LogP contribution in [-0.2, 0) is 11.3 Å². The minimum atomic E-state index is -0.379. The molecule has 0 spiro atoms. The molecule has 0 heterocycles. The number of benzene rings is 2. The Hall–Kier alpha value is -2.44. The summed E-state index contributed by atoms with van der Waals surface area (Å²) in [6.45, 7) is 4.43. The van der Waals surface area contributed by atoms with E-state index in [0.717, 1.165) is 11.1 Å². The molecular formula is C21H27ClN2O4. The third-order valence-electron chi connectivity index (χ3n) is 4.72. The summed E-state index contributed by atoms with van der Waals surface area (Å²) in [5.41, 5.74) is 2.66. The fourth-order valence-corrected chi connectivity index (χ4v) is 2.99. The Morgan fingerprint density at radius 3 is 2.29 bits per heavy atom. The highest BCUT2D eigenvalue weighted by molar-refractivity contribution is 6.31. The number of rotatable bonds is 8. The third-order valence-corrected chi connectivity index (χ3v) is 4.96. The minimum Gasteiger partial charge on any atom is -0.495 e. The standard InChI is InChI=1S/C21H27ClN2O4/c1-13-9-19(27-5)20(28-6)10-15(13)12-24(3)14(2)21(25)23-17-11-16(22)7-8-18(17)26-4/h7-11,14H,12H2,1-6H3,(H,23,25)/t14-/m0/s1. The number of methoxy groups -OCH3 is 3. The molecule has 0 aromatic heterocycles. The Bertz CT molecular complexity index is 841. The number of amides is 1. The van der Waals surface area contributed by atoms with Crippen LogP contribution in [0.3, 0.4) is 0 Å². The van der Waals surface area contributed by atoms with Gasteiger partial charge in [-0.05, 0) is 62.4 Å². The van der Waals surface area contributed by atoms with Gasteiger partial charge in [-0.3, -0.25) is 9.69 Å². The van der Waals surface area contributed by atoms with Crippen molar-refractivity contribution in [2.24, 2.45) is 0 Å². The fraction of sp³-hybridized carbons (Fsp3) is 0.381. The summed E-state index contributed by atoms with van der Waals surface area (Å²) in [5.74, 6) is 1.76. The molecule has 0 saturated heterocycles. The van der Waals surface area contributed by atoms with E-state index in [1.54, 1.807) is 39.5 Å². The average Bonchev–Trinajstić information content (AvgIpc) is 2.68. The Morgan fingerprint density at radius 2 is 1.68 bits per heavy atom. The summed E-state index contributed by atoms with van der Waals surface area (Å²) in [4.78, 5) is 14.7. The molecule has 7 heteroatoms. The molecule has 0 radical (unpaired) electrons. The highest BCUT2D eigenvalue weighted by atomic mass is 35.5.